The number of nitrogens with one attached hydrogen (secondary N) is 1. The van der Waals surface area contributed by atoms with Gasteiger partial charge in [0.25, 0.3) is 5.91 Å². The SMILES string of the molecule is Cc1ccc(S(=O)(=O)N(C)Cc2ccc(C(=O)N/N=C3/CCSc4ccc(F)cc43)cc2)cc1. The molecule has 0 saturated carbocycles. The summed E-state index contributed by atoms with van der Waals surface area (Å²) in [4.78, 5) is 13.7. The average molecular weight is 498 g/mol. The second-order valence-electron chi connectivity index (χ2n) is 8.01. The van der Waals surface area contributed by atoms with Crippen LogP contribution in [0.2, 0.25) is 0 Å². The normalized spacial score (nSPS) is 14.8. The molecule has 0 unspecified atom stereocenters. The van der Waals surface area contributed by atoms with Crippen LogP contribution in [0.3, 0.4) is 0 Å². The highest BCUT2D eigenvalue weighted by Gasteiger charge is 2.21. The number of sulfonamides is 1. The first-order valence-electron chi connectivity index (χ1n) is 10.7. The first-order valence-corrected chi connectivity index (χ1v) is 13.1. The molecule has 3 aromatic carbocycles. The Balaban J connectivity index is 1.42. The summed E-state index contributed by atoms with van der Waals surface area (Å²) in [5.74, 6) is 0.0715. The van der Waals surface area contributed by atoms with Crippen molar-refractivity contribution in [2.24, 2.45) is 5.10 Å². The van der Waals surface area contributed by atoms with E-state index < -0.39 is 15.9 Å². The van der Waals surface area contributed by atoms with Crippen molar-refractivity contribution in [3.05, 3.63) is 94.8 Å². The molecule has 0 bridgehead atoms. The lowest BCUT2D eigenvalue weighted by Gasteiger charge is -2.18. The topological polar surface area (TPSA) is 78.8 Å². The second kappa shape index (κ2) is 10.1. The van der Waals surface area contributed by atoms with E-state index in [1.807, 2.05) is 6.92 Å². The summed E-state index contributed by atoms with van der Waals surface area (Å²) in [6.07, 6.45) is 0.627. The van der Waals surface area contributed by atoms with Crippen molar-refractivity contribution in [2.75, 3.05) is 12.8 Å². The largest absolute Gasteiger partial charge is 0.271 e. The van der Waals surface area contributed by atoms with Gasteiger partial charge in [0, 0.05) is 41.8 Å². The van der Waals surface area contributed by atoms with E-state index in [2.05, 4.69) is 10.5 Å². The maximum Gasteiger partial charge on any atom is 0.271 e. The van der Waals surface area contributed by atoms with Crippen molar-refractivity contribution in [1.82, 2.24) is 9.73 Å². The Bertz CT molecular complexity index is 1340. The quantitative estimate of drug-likeness (QED) is 0.506. The van der Waals surface area contributed by atoms with Crippen LogP contribution in [0.4, 0.5) is 4.39 Å². The van der Waals surface area contributed by atoms with Gasteiger partial charge in [-0.1, -0.05) is 29.8 Å². The van der Waals surface area contributed by atoms with Crippen LogP contribution in [0.15, 0.2) is 81.6 Å². The predicted molar refractivity (Wildman–Crippen MR) is 132 cm³/mol. The van der Waals surface area contributed by atoms with E-state index >= 15 is 0 Å². The number of amides is 1. The lowest BCUT2D eigenvalue weighted by molar-refractivity contribution is 0.0954. The molecule has 1 N–H and O–H groups in total. The molecule has 176 valence electrons. The van der Waals surface area contributed by atoms with Gasteiger partial charge in [-0.15, -0.1) is 11.8 Å². The Morgan fingerprint density at radius 3 is 2.50 bits per heavy atom. The Morgan fingerprint density at radius 1 is 1.09 bits per heavy atom. The van der Waals surface area contributed by atoms with Gasteiger partial charge in [-0.3, -0.25) is 4.79 Å². The molecule has 0 aliphatic carbocycles. The summed E-state index contributed by atoms with van der Waals surface area (Å²) in [6.45, 7) is 2.07. The van der Waals surface area contributed by atoms with E-state index in [1.54, 1.807) is 66.4 Å². The van der Waals surface area contributed by atoms with Crippen LogP contribution in [0.1, 0.15) is 33.5 Å². The molecule has 0 spiro atoms. The molecule has 0 radical (unpaired) electrons. The minimum atomic E-state index is -3.62. The summed E-state index contributed by atoms with van der Waals surface area (Å²) in [6, 6.07) is 18.0. The molecule has 0 aromatic heterocycles. The van der Waals surface area contributed by atoms with E-state index in [9.17, 15) is 17.6 Å². The number of nitrogens with zero attached hydrogens (tertiary/aromatic N) is 2. The number of hydrogen-bond donors (Lipinski definition) is 1. The predicted octanol–water partition coefficient (Wildman–Crippen LogP) is 4.58. The zero-order valence-corrected chi connectivity index (χ0v) is 20.4. The van der Waals surface area contributed by atoms with Gasteiger partial charge >= 0.3 is 0 Å². The van der Waals surface area contributed by atoms with Crippen LogP contribution in [0, 0.1) is 12.7 Å². The molecule has 1 aliphatic rings. The highest BCUT2D eigenvalue weighted by molar-refractivity contribution is 7.99. The first-order chi connectivity index (χ1) is 16.2. The van der Waals surface area contributed by atoms with E-state index in [0.29, 0.717) is 23.3 Å². The molecular weight excluding hydrogens is 473 g/mol. The summed E-state index contributed by atoms with van der Waals surface area (Å²) in [5.41, 5.74) is 6.01. The van der Waals surface area contributed by atoms with E-state index in [-0.39, 0.29) is 17.3 Å². The molecule has 1 amide bonds. The third kappa shape index (κ3) is 5.38. The van der Waals surface area contributed by atoms with Crippen molar-refractivity contribution >= 4 is 33.4 Å². The fourth-order valence-corrected chi connectivity index (χ4v) is 5.71. The van der Waals surface area contributed by atoms with Gasteiger partial charge in [-0.2, -0.15) is 9.41 Å². The van der Waals surface area contributed by atoms with Crippen molar-refractivity contribution < 1.29 is 17.6 Å². The number of aryl methyl sites for hydroxylation is 1. The van der Waals surface area contributed by atoms with Crippen LogP contribution >= 0.6 is 11.8 Å². The molecule has 4 rings (SSSR count). The van der Waals surface area contributed by atoms with Gasteiger partial charge in [0.1, 0.15) is 5.82 Å². The van der Waals surface area contributed by atoms with Crippen molar-refractivity contribution in [3.8, 4) is 0 Å². The zero-order valence-electron chi connectivity index (χ0n) is 18.8. The lowest BCUT2D eigenvalue weighted by atomic mass is 10.1. The molecule has 1 aliphatic heterocycles. The Hall–Kier alpha value is -3.01. The van der Waals surface area contributed by atoms with Crippen LogP contribution in [-0.4, -0.2) is 37.1 Å². The van der Waals surface area contributed by atoms with E-state index in [1.165, 1.54) is 23.5 Å². The third-order valence-corrected chi connectivity index (χ3v) is 8.38. The second-order valence-corrected chi connectivity index (χ2v) is 11.2. The molecule has 3 aromatic rings. The van der Waals surface area contributed by atoms with E-state index in [4.69, 9.17) is 0 Å². The van der Waals surface area contributed by atoms with E-state index in [0.717, 1.165) is 21.8 Å². The highest BCUT2D eigenvalue weighted by atomic mass is 32.2. The van der Waals surface area contributed by atoms with Crippen molar-refractivity contribution in [1.29, 1.82) is 0 Å². The zero-order chi connectivity index (χ0) is 24.3. The number of thioether (sulfide) groups is 1. The summed E-state index contributed by atoms with van der Waals surface area (Å²) in [5, 5.41) is 4.23. The fraction of sp³-hybridized carbons (Fsp3) is 0.200. The number of halogens is 1. The fourth-order valence-electron chi connectivity index (χ4n) is 3.54. The van der Waals surface area contributed by atoms with Crippen molar-refractivity contribution in [3.63, 3.8) is 0 Å². The molecule has 34 heavy (non-hydrogen) atoms. The first kappa shape index (κ1) is 24.1. The number of hydrazone groups is 1. The molecular formula is C25H24FN3O3S2. The minimum Gasteiger partial charge on any atom is -0.267 e. The number of carbonyl (C=O) groups excluding carboxylic acids is 1. The van der Waals surface area contributed by atoms with Gasteiger partial charge < -0.3 is 0 Å². The summed E-state index contributed by atoms with van der Waals surface area (Å²) < 4.78 is 40.5. The van der Waals surface area contributed by atoms with Gasteiger partial charge in [0.15, 0.2) is 0 Å². The standard InChI is InChI=1S/C25H24FN3O3S2/c1-17-3-10-21(11-4-17)34(31,32)29(2)16-18-5-7-19(8-6-18)25(30)28-27-23-13-14-33-24-12-9-20(26)15-22(23)24/h3-12,15H,13-14,16H2,1-2H3,(H,28,30)/b27-23-. The summed E-state index contributed by atoms with van der Waals surface area (Å²) >= 11 is 1.63. The average Bonchev–Trinajstić information content (AvgIpc) is 2.83. The highest BCUT2D eigenvalue weighted by Crippen LogP contribution is 2.30. The number of rotatable bonds is 6. The van der Waals surface area contributed by atoms with Crippen LogP contribution in [-0.2, 0) is 16.6 Å². The lowest BCUT2D eigenvalue weighted by Crippen LogP contribution is -2.26. The van der Waals surface area contributed by atoms with Crippen LogP contribution in [0.25, 0.3) is 0 Å². The minimum absolute atomic E-state index is 0.167. The third-order valence-electron chi connectivity index (χ3n) is 5.49. The molecule has 1 heterocycles. The van der Waals surface area contributed by atoms with Gasteiger partial charge in [-0.25, -0.2) is 18.2 Å². The van der Waals surface area contributed by atoms with Crippen LogP contribution < -0.4 is 5.43 Å². The molecule has 0 fully saturated rings. The Morgan fingerprint density at radius 2 is 1.79 bits per heavy atom. The summed E-state index contributed by atoms with van der Waals surface area (Å²) in [7, 11) is -2.10. The maximum absolute atomic E-state index is 13.7. The number of benzene rings is 3. The van der Waals surface area contributed by atoms with Gasteiger partial charge in [0.2, 0.25) is 10.0 Å². The molecule has 0 saturated heterocycles. The number of carbonyl (C=O) groups is 1. The maximum atomic E-state index is 13.7. The molecule has 9 heteroatoms. The van der Waals surface area contributed by atoms with Crippen molar-refractivity contribution in [2.45, 2.75) is 29.7 Å². The monoisotopic (exact) mass is 497 g/mol. The molecule has 6 nitrogen and oxygen atoms in total. The Kier molecular flexibility index (Phi) is 7.16. The smallest absolute Gasteiger partial charge is 0.267 e. The van der Waals surface area contributed by atoms with Crippen LogP contribution in [0.5, 0.6) is 0 Å². The Labute approximate surface area is 202 Å². The number of fused-ring (bicyclic) bond motifs is 1. The molecule has 0 atom stereocenters. The number of hydrogen-bond acceptors (Lipinski definition) is 5. The van der Waals surface area contributed by atoms with Gasteiger partial charge in [-0.05, 0) is 55.0 Å². The van der Waals surface area contributed by atoms with Gasteiger partial charge in [0.05, 0.1) is 10.6 Å².